The summed E-state index contributed by atoms with van der Waals surface area (Å²) in [6, 6.07) is 9.54. The van der Waals surface area contributed by atoms with Crippen molar-refractivity contribution in [2.75, 3.05) is 11.1 Å². The second kappa shape index (κ2) is 6.38. The highest BCUT2D eigenvalue weighted by molar-refractivity contribution is 8.02. The zero-order chi connectivity index (χ0) is 16.3. The van der Waals surface area contributed by atoms with Crippen LogP contribution in [0.15, 0.2) is 24.3 Å². The van der Waals surface area contributed by atoms with Gasteiger partial charge >= 0.3 is 5.97 Å². The van der Waals surface area contributed by atoms with Gasteiger partial charge in [-0.1, -0.05) is 18.2 Å². The van der Waals surface area contributed by atoms with Gasteiger partial charge in [0.1, 0.15) is 15.8 Å². The Morgan fingerprint density at radius 1 is 1.41 bits per heavy atom. The molecule has 2 N–H and O–H groups in total. The number of hydrogen-bond acceptors (Lipinski definition) is 5. The molecule has 1 heterocycles. The van der Waals surface area contributed by atoms with Crippen LogP contribution in [0, 0.1) is 11.3 Å². The number of carbonyl (C=O) groups is 2. The Balaban J connectivity index is 2.13. The molecule has 0 unspecified atom stereocenters. The quantitative estimate of drug-likeness (QED) is 0.875. The Bertz CT molecular complexity index is 775. The molecule has 5 nitrogen and oxygen atoms in total. The molecule has 0 atom stereocenters. The predicted octanol–water partition coefficient (Wildman–Crippen LogP) is 3.31. The van der Waals surface area contributed by atoms with E-state index in [1.165, 1.54) is 11.3 Å². The highest BCUT2D eigenvalue weighted by atomic mass is 32.2. The van der Waals surface area contributed by atoms with Gasteiger partial charge in [-0.05, 0) is 19.9 Å². The lowest BCUT2D eigenvalue weighted by molar-refractivity contribution is -0.138. The standard InChI is InChI=1S/C15H14N2O3S2/c1-15(2,14(19)20)21-8-12(18)17-13-10(7-16)9-5-3-4-6-11(9)22-13/h3-6H,8H2,1-2H3,(H,17,18)(H,19,20). The van der Waals surface area contributed by atoms with E-state index >= 15 is 0 Å². The first-order chi connectivity index (χ1) is 10.3. The van der Waals surface area contributed by atoms with Crippen LogP contribution in [0.5, 0.6) is 0 Å². The number of aliphatic carboxylic acids is 1. The fourth-order valence-electron chi connectivity index (χ4n) is 1.71. The Kier molecular flexibility index (Phi) is 4.74. The monoisotopic (exact) mass is 334 g/mol. The number of anilines is 1. The number of rotatable bonds is 5. The molecule has 1 aromatic carbocycles. The van der Waals surface area contributed by atoms with Crippen LogP contribution in [0.2, 0.25) is 0 Å². The Labute approximate surface area is 135 Å². The molecule has 0 radical (unpaired) electrons. The van der Waals surface area contributed by atoms with Crippen molar-refractivity contribution in [3.05, 3.63) is 29.8 Å². The molecule has 0 aliphatic heterocycles. The van der Waals surface area contributed by atoms with E-state index in [0.717, 1.165) is 21.8 Å². The summed E-state index contributed by atoms with van der Waals surface area (Å²) in [7, 11) is 0. The summed E-state index contributed by atoms with van der Waals surface area (Å²) in [5.41, 5.74) is 0.441. The van der Waals surface area contributed by atoms with E-state index in [0.29, 0.717) is 10.6 Å². The van der Waals surface area contributed by atoms with E-state index in [-0.39, 0.29) is 11.7 Å². The molecule has 2 aromatic rings. The third kappa shape index (κ3) is 3.40. The zero-order valence-corrected chi connectivity index (χ0v) is 13.7. The molecular formula is C15H14N2O3S2. The first-order valence-corrected chi connectivity index (χ1v) is 8.24. The van der Waals surface area contributed by atoms with Gasteiger partial charge in [-0.3, -0.25) is 9.59 Å². The second-order valence-corrected chi connectivity index (χ2v) is 7.72. The van der Waals surface area contributed by atoms with Crippen molar-refractivity contribution < 1.29 is 14.7 Å². The number of thiophene rings is 1. The zero-order valence-electron chi connectivity index (χ0n) is 12.0. The van der Waals surface area contributed by atoms with Crippen molar-refractivity contribution >= 4 is 50.1 Å². The molecule has 0 saturated heterocycles. The van der Waals surface area contributed by atoms with E-state index in [4.69, 9.17) is 5.11 Å². The number of nitrogens with zero attached hydrogens (tertiary/aromatic N) is 1. The topological polar surface area (TPSA) is 90.2 Å². The summed E-state index contributed by atoms with van der Waals surface area (Å²) in [5.74, 6) is -1.27. The molecule has 0 spiro atoms. The first kappa shape index (κ1) is 16.3. The second-order valence-electron chi connectivity index (χ2n) is 5.07. The van der Waals surface area contributed by atoms with E-state index in [1.54, 1.807) is 13.8 Å². The molecular weight excluding hydrogens is 320 g/mol. The van der Waals surface area contributed by atoms with Gasteiger partial charge in [0.15, 0.2) is 0 Å². The van der Waals surface area contributed by atoms with E-state index < -0.39 is 10.7 Å². The average Bonchev–Trinajstić information content (AvgIpc) is 2.82. The van der Waals surface area contributed by atoms with Crippen molar-refractivity contribution in [1.29, 1.82) is 5.26 Å². The summed E-state index contributed by atoms with van der Waals surface area (Å²) in [5, 5.41) is 22.3. The van der Waals surface area contributed by atoms with Crippen LogP contribution in [0.3, 0.4) is 0 Å². The predicted molar refractivity (Wildman–Crippen MR) is 89.3 cm³/mol. The molecule has 1 aromatic heterocycles. The highest BCUT2D eigenvalue weighted by Crippen LogP contribution is 2.35. The summed E-state index contributed by atoms with van der Waals surface area (Å²) in [6.45, 7) is 3.10. The minimum absolute atomic E-state index is 0.0123. The number of carbonyl (C=O) groups excluding carboxylic acids is 1. The van der Waals surface area contributed by atoms with Crippen LogP contribution in [0.1, 0.15) is 19.4 Å². The fourth-order valence-corrected chi connectivity index (χ4v) is 3.47. The van der Waals surface area contributed by atoms with E-state index in [9.17, 15) is 14.9 Å². The Morgan fingerprint density at radius 3 is 2.73 bits per heavy atom. The van der Waals surface area contributed by atoms with Crippen LogP contribution < -0.4 is 5.32 Å². The SMILES string of the molecule is CC(C)(SCC(=O)Nc1sc2ccccc2c1C#N)C(=O)O. The van der Waals surface area contributed by atoms with Gasteiger partial charge in [-0.15, -0.1) is 23.1 Å². The molecule has 0 bridgehead atoms. The van der Waals surface area contributed by atoms with Gasteiger partial charge in [0.05, 0.1) is 11.3 Å². The van der Waals surface area contributed by atoms with Gasteiger partial charge in [-0.25, -0.2) is 0 Å². The summed E-state index contributed by atoms with van der Waals surface area (Å²) in [6.07, 6.45) is 0. The fraction of sp³-hybridized carbons (Fsp3) is 0.267. The highest BCUT2D eigenvalue weighted by Gasteiger charge is 2.28. The van der Waals surface area contributed by atoms with Crippen molar-refractivity contribution in [3.63, 3.8) is 0 Å². The number of carboxylic acids is 1. The Hall–Kier alpha value is -2.04. The van der Waals surface area contributed by atoms with Gasteiger partial charge in [-0.2, -0.15) is 5.26 Å². The van der Waals surface area contributed by atoms with Crippen LogP contribution in [-0.4, -0.2) is 27.5 Å². The lowest BCUT2D eigenvalue weighted by Gasteiger charge is -2.17. The average molecular weight is 334 g/mol. The number of nitriles is 1. The summed E-state index contributed by atoms with van der Waals surface area (Å²) in [4.78, 5) is 23.0. The van der Waals surface area contributed by atoms with Crippen molar-refractivity contribution in [2.45, 2.75) is 18.6 Å². The van der Waals surface area contributed by atoms with Crippen LogP contribution in [-0.2, 0) is 9.59 Å². The minimum Gasteiger partial charge on any atom is -0.480 e. The molecule has 1 amide bonds. The normalized spacial score (nSPS) is 11.1. The van der Waals surface area contributed by atoms with Gasteiger partial charge in [0.2, 0.25) is 5.91 Å². The molecule has 0 aliphatic carbocycles. The first-order valence-electron chi connectivity index (χ1n) is 6.44. The molecule has 114 valence electrons. The lowest BCUT2D eigenvalue weighted by atomic mass is 10.2. The molecule has 0 aliphatic rings. The van der Waals surface area contributed by atoms with Crippen LogP contribution >= 0.6 is 23.1 Å². The van der Waals surface area contributed by atoms with E-state index in [2.05, 4.69) is 11.4 Å². The summed E-state index contributed by atoms with van der Waals surface area (Å²) < 4.78 is -0.108. The maximum atomic E-state index is 12.0. The number of fused-ring (bicyclic) bond motifs is 1. The molecule has 7 heteroatoms. The number of nitrogens with one attached hydrogen (secondary N) is 1. The summed E-state index contributed by atoms with van der Waals surface area (Å²) >= 11 is 2.38. The van der Waals surface area contributed by atoms with Crippen molar-refractivity contribution in [1.82, 2.24) is 0 Å². The van der Waals surface area contributed by atoms with E-state index in [1.807, 2.05) is 24.3 Å². The maximum absolute atomic E-state index is 12.0. The molecule has 2 rings (SSSR count). The lowest BCUT2D eigenvalue weighted by Crippen LogP contribution is -2.29. The maximum Gasteiger partial charge on any atom is 0.319 e. The number of carboxylic acid groups (broad SMARTS) is 1. The van der Waals surface area contributed by atoms with Gasteiger partial charge < -0.3 is 10.4 Å². The number of amides is 1. The van der Waals surface area contributed by atoms with Crippen molar-refractivity contribution in [2.24, 2.45) is 0 Å². The number of hydrogen-bond donors (Lipinski definition) is 2. The van der Waals surface area contributed by atoms with Crippen molar-refractivity contribution in [3.8, 4) is 6.07 Å². The minimum atomic E-state index is -1.03. The van der Waals surface area contributed by atoms with Crippen LogP contribution in [0.4, 0.5) is 5.00 Å². The third-order valence-electron chi connectivity index (χ3n) is 3.04. The smallest absolute Gasteiger partial charge is 0.319 e. The largest absolute Gasteiger partial charge is 0.480 e. The molecule has 0 saturated carbocycles. The van der Waals surface area contributed by atoms with Gasteiger partial charge in [0, 0.05) is 10.1 Å². The number of thioether (sulfide) groups is 1. The Morgan fingerprint density at radius 2 is 2.09 bits per heavy atom. The third-order valence-corrected chi connectivity index (χ3v) is 5.43. The molecule has 22 heavy (non-hydrogen) atoms. The van der Waals surface area contributed by atoms with Gasteiger partial charge in [0.25, 0.3) is 0 Å². The number of benzene rings is 1. The molecule has 0 fully saturated rings. The van der Waals surface area contributed by atoms with Crippen LogP contribution in [0.25, 0.3) is 10.1 Å².